The van der Waals surface area contributed by atoms with Crippen molar-refractivity contribution in [1.82, 2.24) is 9.88 Å². The van der Waals surface area contributed by atoms with Crippen LogP contribution in [-0.4, -0.2) is 35.4 Å². The van der Waals surface area contributed by atoms with Gasteiger partial charge in [-0.05, 0) is 35.9 Å². The minimum absolute atomic E-state index is 0.0210. The lowest BCUT2D eigenvalue weighted by atomic mass is 9.90. The Kier molecular flexibility index (Phi) is 3.29. The van der Waals surface area contributed by atoms with Gasteiger partial charge in [-0.15, -0.1) is 0 Å². The number of fused-ring (bicyclic) bond motifs is 1. The van der Waals surface area contributed by atoms with E-state index in [0.717, 1.165) is 11.8 Å². The van der Waals surface area contributed by atoms with Crippen molar-refractivity contribution in [3.05, 3.63) is 46.4 Å². The smallest absolute Gasteiger partial charge is 0.270 e. The van der Waals surface area contributed by atoms with E-state index in [1.165, 1.54) is 0 Å². The summed E-state index contributed by atoms with van der Waals surface area (Å²) in [6.45, 7) is 3.97. The molecule has 1 aliphatic heterocycles. The number of benzene rings is 1. The predicted molar refractivity (Wildman–Crippen MR) is 82.3 cm³/mol. The molecular formula is C16H19N3O2. The fraction of sp³-hybridized carbons (Fsp3) is 0.375. The van der Waals surface area contributed by atoms with Crippen LogP contribution in [0.5, 0.6) is 0 Å². The highest BCUT2D eigenvalue weighted by molar-refractivity contribution is 5.96. The van der Waals surface area contributed by atoms with Gasteiger partial charge in [0.1, 0.15) is 5.69 Å². The number of rotatable bonds is 2. The second-order valence-corrected chi connectivity index (χ2v) is 6.09. The fourth-order valence-corrected chi connectivity index (χ4v) is 2.86. The van der Waals surface area contributed by atoms with Crippen molar-refractivity contribution in [3.63, 3.8) is 0 Å². The van der Waals surface area contributed by atoms with Crippen molar-refractivity contribution in [2.45, 2.75) is 13.3 Å². The van der Waals surface area contributed by atoms with Crippen molar-refractivity contribution in [2.75, 3.05) is 19.6 Å². The Morgan fingerprint density at radius 2 is 2.19 bits per heavy atom. The van der Waals surface area contributed by atoms with Gasteiger partial charge in [0.2, 0.25) is 0 Å². The van der Waals surface area contributed by atoms with Crippen LogP contribution in [-0.2, 0) is 0 Å². The third kappa shape index (κ3) is 2.45. The molecule has 0 radical (unpaired) electrons. The Morgan fingerprint density at radius 3 is 2.90 bits per heavy atom. The van der Waals surface area contributed by atoms with Gasteiger partial charge < -0.3 is 15.6 Å². The van der Waals surface area contributed by atoms with E-state index >= 15 is 0 Å². The van der Waals surface area contributed by atoms with E-state index in [1.54, 1.807) is 17.0 Å². The zero-order valence-electron chi connectivity index (χ0n) is 12.1. The Morgan fingerprint density at radius 1 is 1.43 bits per heavy atom. The van der Waals surface area contributed by atoms with E-state index in [2.05, 4.69) is 11.9 Å². The van der Waals surface area contributed by atoms with Crippen LogP contribution in [0.4, 0.5) is 0 Å². The van der Waals surface area contributed by atoms with Crippen LogP contribution in [0.15, 0.2) is 35.1 Å². The molecule has 1 amide bonds. The largest absolute Gasteiger partial charge is 0.337 e. The summed E-state index contributed by atoms with van der Waals surface area (Å²) in [5, 5.41) is 1.38. The zero-order chi connectivity index (χ0) is 15.0. The van der Waals surface area contributed by atoms with Gasteiger partial charge in [-0.25, -0.2) is 0 Å². The standard InChI is InChI=1S/C16H19N3O2/c1-16(9-17)6-7-19(10-16)15(21)13-8-11-4-2-3-5-12(11)14(20)18-13/h2-5,8H,6-7,9-10,17H2,1H3,(H,18,20). The highest BCUT2D eigenvalue weighted by Gasteiger charge is 2.35. The number of H-pyrrole nitrogens is 1. The minimum atomic E-state index is -0.225. The summed E-state index contributed by atoms with van der Waals surface area (Å²) in [7, 11) is 0. The highest BCUT2D eigenvalue weighted by Crippen LogP contribution is 2.29. The lowest BCUT2D eigenvalue weighted by molar-refractivity contribution is 0.0771. The molecule has 5 nitrogen and oxygen atoms in total. The second kappa shape index (κ2) is 5.00. The number of aromatic amines is 1. The summed E-state index contributed by atoms with van der Waals surface area (Å²) < 4.78 is 0. The predicted octanol–water partition coefficient (Wildman–Crippen LogP) is 1.34. The Balaban J connectivity index is 1.94. The maximum atomic E-state index is 12.6. The second-order valence-electron chi connectivity index (χ2n) is 6.09. The fourth-order valence-electron chi connectivity index (χ4n) is 2.86. The molecule has 1 atom stereocenters. The number of nitrogens with zero attached hydrogens (tertiary/aromatic N) is 1. The number of aromatic nitrogens is 1. The number of nitrogens with two attached hydrogens (primary N) is 1. The van der Waals surface area contributed by atoms with Gasteiger partial charge in [0.25, 0.3) is 11.5 Å². The van der Waals surface area contributed by atoms with Crippen LogP contribution in [0.25, 0.3) is 10.8 Å². The van der Waals surface area contributed by atoms with Gasteiger partial charge in [-0.1, -0.05) is 25.1 Å². The molecule has 0 aliphatic carbocycles. The summed E-state index contributed by atoms with van der Waals surface area (Å²) in [5.74, 6) is -0.130. The Labute approximate surface area is 122 Å². The first-order valence-electron chi connectivity index (χ1n) is 7.14. The molecular weight excluding hydrogens is 266 g/mol. The normalized spacial score (nSPS) is 21.9. The molecule has 110 valence electrons. The van der Waals surface area contributed by atoms with Gasteiger partial charge in [-0.3, -0.25) is 9.59 Å². The van der Waals surface area contributed by atoms with Crippen LogP contribution < -0.4 is 11.3 Å². The summed E-state index contributed by atoms with van der Waals surface area (Å²) in [6.07, 6.45) is 0.896. The molecule has 3 rings (SSSR count). The molecule has 2 aromatic rings. The first-order chi connectivity index (χ1) is 10.0. The van der Waals surface area contributed by atoms with Crippen LogP contribution in [0.1, 0.15) is 23.8 Å². The van der Waals surface area contributed by atoms with Crippen LogP contribution in [0.2, 0.25) is 0 Å². The number of pyridine rings is 1. The van der Waals surface area contributed by atoms with Crippen LogP contribution in [0, 0.1) is 5.41 Å². The molecule has 1 aliphatic rings. The number of carbonyl (C=O) groups excluding carboxylic acids is 1. The molecule has 1 unspecified atom stereocenters. The molecule has 2 heterocycles. The third-order valence-corrected chi connectivity index (χ3v) is 4.32. The Bertz CT molecular complexity index is 753. The zero-order valence-corrected chi connectivity index (χ0v) is 12.1. The van der Waals surface area contributed by atoms with Gasteiger partial charge in [0.05, 0.1) is 0 Å². The molecule has 1 aromatic heterocycles. The highest BCUT2D eigenvalue weighted by atomic mass is 16.2. The number of hydrogen-bond acceptors (Lipinski definition) is 3. The first kappa shape index (κ1) is 13.8. The van der Waals surface area contributed by atoms with E-state index in [1.807, 2.05) is 18.2 Å². The van der Waals surface area contributed by atoms with E-state index in [-0.39, 0.29) is 16.9 Å². The Hall–Kier alpha value is -2.14. The lowest BCUT2D eigenvalue weighted by Gasteiger charge is -2.22. The topological polar surface area (TPSA) is 79.2 Å². The van der Waals surface area contributed by atoms with Crippen molar-refractivity contribution < 1.29 is 4.79 Å². The number of likely N-dealkylation sites (tertiary alicyclic amines) is 1. The van der Waals surface area contributed by atoms with E-state index in [4.69, 9.17) is 5.73 Å². The SMILES string of the molecule is CC1(CN)CCN(C(=O)c2cc3ccccc3c(=O)[nH]2)C1. The lowest BCUT2D eigenvalue weighted by Crippen LogP contribution is -2.35. The van der Waals surface area contributed by atoms with Crippen molar-refractivity contribution in [3.8, 4) is 0 Å². The molecule has 1 fully saturated rings. The van der Waals surface area contributed by atoms with Gasteiger partial charge in [0.15, 0.2) is 0 Å². The summed E-state index contributed by atoms with van der Waals surface area (Å²) in [5.41, 5.74) is 5.87. The molecule has 1 saturated heterocycles. The number of hydrogen-bond donors (Lipinski definition) is 2. The maximum Gasteiger partial charge on any atom is 0.270 e. The van der Waals surface area contributed by atoms with Crippen molar-refractivity contribution in [1.29, 1.82) is 0 Å². The van der Waals surface area contributed by atoms with E-state index in [9.17, 15) is 9.59 Å². The van der Waals surface area contributed by atoms with Gasteiger partial charge in [0, 0.05) is 18.5 Å². The molecule has 1 aromatic carbocycles. The quantitative estimate of drug-likeness (QED) is 0.874. The third-order valence-electron chi connectivity index (χ3n) is 4.32. The van der Waals surface area contributed by atoms with Crippen molar-refractivity contribution in [2.24, 2.45) is 11.1 Å². The summed E-state index contributed by atoms with van der Waals surface area (Å²) >= 11 is 0. The summed E-state index contributed by atoms with van der Waals surface area (Å²) in [6, 6.07) is 9.01. The van der Waals surface area contributed by atoms with E-state index in [0.29, 0.717) is 30.7 Å². The monoisotopic (exact) mass is 285 g/mol. The summed E-state index contributed by atoms with van der Waals surface area (Å²) in [4.78, 5) is 29.1. The average Bonchev–Trinajstić information content (AvgIpc) is 2.90. The molecule has 0 spiro atoms. The first-order valence-corrected chi connectivity index (χ1v) is 7.14. The molecule has 5 heteroatoms. The molecule has 3 N–H and O–H groups in total. The number of amides is 1. The van der Waals surface area contributed by atoms with Crippen molar-refractivity contribution >= 4 is 16.7 Å². The number of nitrogens with one attached hydrogen (secondary N) is 1. The molecule has 21 heavy (non-hydrogen) atoms. The maximum absolute atomic E-state index is 12.6. The molecule has 0 bridgehead atoms. The molecule has 0 saturated carbocycles. The number of carbonyl (C=O) groups is 1. The van der Waals surface area contributed by atoms with Crippen LogP contribution in [0.3, 0.4) is 0 Å². The average molecular weight is 285 g/mol. The van der Waals surface area contributed by atoms with Crippen LogP contribution >= 0.6 is 0 Å². The minimum Gasteiger partial charge on any atom is -0.337 e. The van der Waals surface area contributed by atoms with Gasteiger partial charge in [-0.2, -0.15) is 0 Å². The van der Waals surface area contributed by atoms with E-state index < -0.39 is 0 Å². The van der Waals surface area contributed by atoms with Gasteiger partial charge >= 0.3 is 0 Å².